The summed E-state index contributed by atoms with van der Waals surface area (Å²) in [5.41, 5.74) is 2.11. The highest BCUT2D eigenvalue weighted by atomic mass is 16.5. The molecule has 0 unspecified atom stereocenters. The summed E-state index contributed by atoms with van der Waals surface area (Å²) in [6.07, 6.45) is 0. The zero-order valence-electron chi connectivity index (χ0n) is 14.5. The molecule has 0 N–H and O–H groups in total. The van der Waals surface area contributed by atoms with Crippen molar-refractivity contribution in [3.05, 3.63) is 76.4 Å². The Morgan fingerprint density at radius 1 is 1.12 bits per heavy atom. The molecule has 4 aromatic rings. The van der Waals surface area contributed by atoms with E-state index >= 15 is 0 Å². The van der Waals surface area contributed by atoms with Crippen LogP contribution in [0.15, 0.2) is 63.9 Å². The summed E-state index contributed by atoms with van der Waals surface area (Å²) in [6, 6.07) is 16.9. The summed E-state index contributed by atoms with van der Waals surface area (Å²) in [6.45, 7) is 2.06. The number of methoxy groups -OCH3 is 1. The van der Waals surface area contributed by atoms with Gasteiger partial charge in [-0.25, -0.2) is 4.68 Å². The Balaban J connectivity index is 1.78. The van der Waals surface area contributed by atoms with E-state index in [1.165, 1.54) is 10.7 Å². The lowest BCUT2D eigenvalue weighted by molar-refractivity contribution is 0.369. The van der Waals surface area contributed by atoms with Gasteiger partial charge in [0.05, 0.1) is 18.4 Å². The monoisotopic (exact) mass is 347 g/mol. The average molecular weight is 347 g/mol. The van der Waals surface area contributed by atoms with E-state index in [1.807, 2.05) is 49.4 Å². The van der Waals surface area contributed by atoms with E-state index in [9.17, 15) is 4.79 Å². The standard InChI is InChI=1S/C20H17N3O3/c1-13-7-10-19(24)23(21-13)12-15-11-17(22-26-15)20-16-6-4-3-5-14(16)8-9-18(20)25-2/h3-11H,12H2,1-2H3. The number of benzene rings is 2. The summed E-state index contributed by atoms with van der Waals surface area (Å²) >= 11 is 0. The minimum Gasteiger partial charge on any atom is -0.496 e. The van der Waals surface area contributed by atoms with Gasteiger partial charge < -0.3 is 9.26 Å². The lowest BCUT2D eigenvalue weighted by Crippen LogP contribution is -2.22. The van der Waals surface area contributed by atoms with Crippen molar-refractivity contribution >= 4 is 10.8 Å². The maximum Gasteiger partial charge on any atom is 0.267 e. The molecule has 0 amide bonds. The van der Waals surface area contributed by atoms with Gasteiger partial charge in [0.15, 0.2) is 5.76 Å². The highest BCUT2D eigenvalue weighted by molar-refractivity contribution is 5.98. The summed E-state index contributed by atoms with van der Waals surface area (Å²) in [4.78, 5) is 11.9. The molecule has 0 aliphatic carbocycles. The Morgan fingerprint density at radius 3 is 2.81 bits per heavy atom. The number of fused-ring (bicyclic) bond motifs is 1. The Labute approximate surface area is 149 Å². The van der Waals surface area contributed by atoms with Crippen LogP contribution in [0.3, 0.4) is 0 Å². The summed E-state index contributed by atoms with van der Waals surface area (Å²) in [5, 5.41) is 10.5. The molecular formula is C20H17N3O3. The summed E-state index contributed by atoms with van der Waals surface area (Å²) < 4.78 is 12.3. The molecule has 130 valence electrons. The van der Waals surface area contributed by atoms with Crippen molar-refractivity contribution in [2.24, 2.45) is 0 Å². The number of hydrogen-bond acceptors (Lipinski definition) is 5. The van der Waals surface area contributed by atoms with Gasteiger partial charge in [-0.3, -0.25) is 4.79 Å². The van der Waals surface area contributed by atoms with Crippen LogP contribution in [0.5, 0.6) is 5.75 Å². The Hall–Kier alpha value is -3.41. The van der Waals surface area contributed by atoms with E-state index in [1.54, 1.807) is 13.2 Å². The molecule has 0 atom stereocenters. The van der Waals surface area contributed by atoms with Gasteiger partial charge in [-0.2, -0.15) is 5.10 Å². The Kier molecular flexibility index (Phi) is 4.01. The SMILES string of the molecule is COc1ccc2ccccc2c1-c1cc(Cn2nc(C)ccc2=O)on1. The van der Waals surface area contributed by atoms with Crippen LogP contribution in [-0.4, -0.2) is 22.0 Å². The first-order chi connectivity index (χ1) is 12.7. The number of nitrogens with zero attached hydrogens (tertiary/aromatic N) is 3. The molecule has 2 aromatic heterocycles. The molecule has 0 aliphatic rings. The maximum atomic E-state index is 11.9. The number of aryl methyl sites for hydroxylation is 1. The maximum absolute atomic E-state index is 11.9. The number of hydrogen-bond donors (Lipinski definition) is 0. The van der Waals surface area contributed by atoms with Gasteiger partial charge in [-0.1, -0.05) is 35.5 Å². The van der Waals surface area contributed by atoms with Crippen LogP contribution in [-0.2, 0) is 6.54 Å². The largest absolute Gasteiger partial charge is 0.496 e. The third-order valence-corrected chi connectivity index (χ3v) is 4.23. The third-order valence-electron chi connectivity index (χ3n) is 4.23. The molecule has 26 heavy (non-hydrogen) atoms. The van der Waals surface area contributed by atoms with Crippen LogP contribution in [0.1, 0.15) is 11.5 Å². The summed E-state index contributed by atoms with van der Waals surface area (Å²) in [7, 11) is 1.63. The van der Waals surface area contributed by atoms with Crippen LogP contribution in [0.2, 0.25) is 0 Å². The van der Waals surface area contributed by atoms with E-state index in [4.69, 9.17) is 9.26 Å². The number of rotatable bonds is 4. The van der Waals surface area contributed by atoms with Crippen LogP contribution in [0, 0.1) is 6.92 Å². The molecule has 4 rings (SSSR count). The van der Waals surface area contributed by atoms with Crippen molar-refractivity contribution in [2.45, 2.75) is 13.5 Å². The first-order valence-corrected chi connectivity index (χ1v) is 8.22. The second-order valence-corrected chi connectivity index (χ2v) is 6.01. The molecule has 2 heterocycles. The fourth-order valence-electron chi connectivity index (χ4n) is 3.00. The normalized spacial score (nSPS) is 11.0. The highest BCUT2D eigenvalue weighted by Crippen LogP contribution is 2.36. The molecule has 2 aromatic carbocycles. The first kappa shape index (κ1) is 16.1. The van der Waals surface area contributed by atoms with E-state index in [0.717, 1.165) is 27.8 Å². The third kappa shape index (κ3) is 2.86. The fourth-order valence-corrected chi connectivity index (χ4v) is 3.00. The van der Waals surface area contributed by atoms with Crippen LogP contribution >= 0.6 is 0 Å². The topological polar surface area (TPSA) is 70.2 Å². The van der Waals surface area contributed by atoms with E-state index in [-0.39, 0.29) is 12.1 Å². The Bertz CT molecular complexity index is 1140. The van der Waals surface area contributed by atoms with Gasteiger partial charge in [-0.05, 0) is 29.8 Å². The zero-order chi connectivity index (χ0) is 18.1. The average Bonchev–Trinajstić information content (AvgIpc) is 3.11. The highest BCUT2D eigenvalue weighted by Gasteiger charge is 2.16. The quantitative estimate of drug-likeness (QED) is 0.566. The fraction of sp³-hybridized carbons (Fsp3) is 0.150. The molecule has 0 saturated carbocycles. The molecule has 6 nitrogen and oxygen atoms in total. The second kappa shape index (κ2) is 6.48. The second-order valence-electron chi connectivity index (χ2n) is 6.01. The summed E-state index contributed by atoms with van der Waals surface area (Å²) in [5.74, 6) is 1.27. The van der Waals surface area contributed by atoms with E-state index < -0.39 is 0 Å². The van der Waals surface area contributed by atoms with Gasteiger partial charge in [-0.15, -0.1) is 0 Å². The molecule has 0 fully saturated rings. The molecule has 0 bridgehead atoms. The molecule has 6 heteroatoms. The van der Waals surface area contributed by atoms with Gasteiger partial charge in [0, 0.05) is 12.1 Å². The number of ether oxygens (including phenoxy) is 1. The lowest BCUT2D eigenvalue weighted by Gasteiger charge is -2.09. The number of aromatic nitrogens is 3. The predicted octanol–water partition coefficient (Wildman–Crippen LogP) is 3.42. The minimum atomic E-state index is -0.184. The molecule has 0 spiro atoms. The van der Waals surface area contributed by atoms with Crippen molar-refractivity contribution in [3.63, 3.8) is 0 Å². The smallest absolute Gasteiger partial charge is 0.267 e. The molecule has 0 saturated heterocycles. The van der Waals surface area contributed by atoms with Crippen molar-refractivity contribution in [1.29, 1.82) is 0 Å². The van der Waals surface area contributed by atoms with E-state index in [0.29, 0.717) is 11.5 Å². The van der Waals surface area contributed by atoms with Crippen LogP contribution in [0.4, 0.5) is 0 Å². The van der Waals surface area contributed by atoms with Crippen molar-refractivity contribution in [3.8, 4) is 17.0 Å². The van der Waals surface area contributed by atoms with Gasteiger partial charge in [0.1, 0.15) is 18.0 Å². The molecular weight excluding hydrogens is 330 g/mol. The van der Waals surface area contributed by atoms with Crippen molar-refractivity contribution in [1.82, 2.24) is 14.9 Å². The van der Waals surface area contributed by atoms with Gasteiger partial charge >= 0.3 is 0 Å². The van der Waals surface area contributed by atoms with Crippen molar-refractivity contribution < 1.29 is 9.26 Å². The predicted molar refractivity (Wildman–Crippen MR) is 98.3 cm³/mol. The van der Waals surface area contributed by atoms with Crippen LogP contribution < -0.4 is 10.3 Å². The lowest BCUT2D eigenvalue weighted by atomic mass is 10.0. The molecule has 0 radical (unpaired) electrons. The minimum absolute atomic E-state index is 0.184. The molecule has 0 aliphatic heterocycles. The van der Waals surface area contributed by atoms with Crippen molar-refractivity contribution in [2.75, 3.05) is 7.11 Å². The zero-order valence-corrected chi connectivity index (χ0v) is 14.5. The van der Waals surface area contributed by atoms with Gasteiger partial charge in [0.2, 0.25) is 0 Å². The Morgan fingerprint density at radius 2 is 1.96 bits per heavy atom. The van der Waals surface area contributed by atoms with E-state index in [2.05, 4.69) is 10.3 Å². The first-order valence-electron chi connectivity index (χ1n) is 8.22. The van der Waals surface area contributed by atoms with Gasteiger partial charge in [0.25, 0.3) is 5.56 Å². The van der Waals surface area contributed by atoms with Crippen LogP contribution in [0.25, 0.3) is 22.0 Å².